The lowest BCUT2D eigenvalue weighted by atomic mass is 9.72. The molecule has 1 saturated heterocycles. The number of ketones is 3. The molecule has 0 radical (unpaired) electrons. The summed E-state index contributed by atoms with van der Waals surface area (Å²) < 4.78 is 17.1. The van der Waals surface area contributed by atoms with Gasteiger partial charge in [0.05, 0.1) is 42.1 Å². The molecule has 2 aromatic rings. The third-order valence-electron chi connectivity index (χ3n) is 7.80. The zero-order chi connectivity index (χ0) is 27.7. The second-order valence-electron chi connectivity index (χ2n) is 10.1. The number of fused-ring (bicyclic) bond motifs is 3. The number of aromatic hydroxyl groups is 2. The van der Waals surface area contributed by atoms with Gasteiger partial charge in [-0.1, -0.05) is 12.1 Å². The number of benzene rings is 2. The summed E-state index contributed by atoms with van der Waals surface area (Å²) in [6.07, 6.45) is -4.53. The highest BCUT2D eigenvalue weighted by molar-refractivity contribution is 6.31. The van der Waals surface area contributed by atoms with Gasteiger partial charge in [-0.3, -0.25) is 14.4 Å². The van der Waals surface area contributed by atoms with Crippen LogP contribution >= 0.6 is 0 Å². The Hall–Kier alpha value is -3.35. The summed E-state index contributed by atoms with van der Waals surface area (Å²) in [7, 11) is 1.34. The van der Waals surface area contributed by atoms with Gasteiger partial charge in [0.1, 0.15) is 22.8 Å². The van der Waals surface area contributed by atoms with Gasteiger partial charge in [0.25, 0.3) is 0 Å². The number of aliphatic hydroxyl groups is 2. The van der Waals surface area contributed by atoms with Crippen LogP contribution in [0.25, 0.3) is 0 Å². The van der Waals surface area contributed by atoms with Gasteiger partial charge in [-0.15, -0.1) is 0 Å². The number of carbonyl (C=O) groups is 3. The number of rotatable bonds is 4. The van der Waals surface area contributed by atoms with E-state index in [1.54, 1.807) is 6.92 Å². The minimum absolute atomic E-state index is 0.0147. The van der Waals surface area contributed by atoms with Crippen molar-refractivity contribution in [3.05, 3.63) is 51.6 Å². The molecule has 0 amide bonds. The second kappa shape index (κ2) is 9.14. The molecule has 0 unspecified atom stereocenters. The number of phenols is 2. The standard InChI is InChI=1S/C27H29NO10/c1-10-22(30)14(28)7-17(37-10)38-16-9-27(35,11(2)29)8-13-19(16)26(34)21-20(24(13)32)23(31)12-5-4-6-15(36-3)18(12)25(21)33/h4-6,10,14,16-17,22,30,32,34-35H,7-9,28H2,1-3H3/t10-,14+,16+,17-,22+,27-/m0/s1. The number of methoxy groups -OCH3 is 1. The quantitative estimate of drug-likeness (QED) is 0.305. The Kier molecular flexibility index (Phi) is 6.32. The lowest BCUT2D eigenvalue weighted by Crippen LogP contribution is -2.52. The van der Waals surface area contributed by atoms with Gasteiger partial charge in [0.15, 0.2) is 17.9 Å². The molecule has 11 nitrogen and oxygen atoms in total. The van der Waals surface area contributed by atoms with E-state index in [9.17, 15) is 34.8 Å². The van der Waals surface area contributed by atoms with E-state index in [1.165, 1.54) is 32.2 Å². The maximum absolute atomic E-state index is 13.6. The topological polar surface area (TPSA) is 186 Å². The van der Waals surface area contributed by atoms with Crippen LogP contribution in [-0.2, 0) is 20.7 Å². The van der Waals surface area contributed by atoms with E-state index < -0.39 is 82.6 Å². The van der Waals surface area contributed by atoms with Crippen molar-refractivity contribution in [1.82, 2.24) is 0 Å². The van der Waals surface area contributed by atoms with E-state index in [2.05, 4.69) is 0 Å². The second-order valence-corrected chi connectivity index (χ2v) is 10.1. The summed E-state index contributed by atoms with van der Waals surface area (Å²) in [6.45, 7) is 2.79. The van der Waals surface area contributed by atoms with Gasteiger partial charge >= 0.3 is 0 Å². The van der Waals surface area contributed by atoms with E-state index in [4.69, 9.17) is 19.9 Å². The Bertz CT molecular complexity index is 1360. The van der Waals surface area contributed by atoms with E-state index in [0.29, 0.717) is 0 Å². The largest absolute Gasteiger partial charge is 0.507 e. The third-order valence-corrected chi connectivity index (χ3v) is 7.80. The normalized spacial score (nSPS) is 30.3. The molecule has 1 heterocycles. The highest BCUT2D eigenvalue weighted by Gasteiger charge is 2.49. The molecular formula is C27H29NO10. The molecule has 0 spiro atoms. The number of hydrogen-bond donors (Lipinski definition) is 5. The van der Waals surface area contributed by atoms with Crippen molar-refractivity contribution in [3.63, 3.8) is 0 Å². The van der Waals surface area contributed by atoms with Crippen molar-refractivity contribution in [1.29, 1.82) is 0 Å². The van der Waals surface area contributed by atoms with Crippen LogP contribution in [0.3, 0.4) is 0 Å². The molecule has 0 saturated carbocycles. The minimum Gasteiger partial charge on any atom is -0.507 e. The SMILES string of the molecule is COc1cccc2c1C(=O)c1c(O)c3c(c(O)c1C2=O)C[C@@](O)(C(C)=O)C[C@H]3O[C@H]1C[C@@H](N)[C@H](O)[C@H](C)O1. The first-order chi connectivity index (χ1) is 17.9. The number of aliphatic hydroxyl groups excluding tert-OH is 1. The van der Waals surface area contributed by atoms with Gasteiger partial charge in [0.2, 0.25) is 5.78 Å². The van der Waals surface area contributed by atoms with E-state index in [0.717, 1.165) is 0 Å². The van der Waals surface area contributed by atoms with Crippen LogP contribution in [0.1, 0.15) is 75.8 Å². The highest BCUT2D eigenvalue weighted by atomic mass is 16.7. The Morgan fingerprint density at radius 3 is 2.45 bits per heavy atom. The first-order valence-corrected chi connectivity index (χ1v) is 12.2. The first kappa shape index (κ1) is 26.3. The zero-order valence-electron chi connectivity index (χ0n) is 21.1. The third kappa shape index (κ3) is 3.81. The highest BCUT2D eigenvalue weighted by Crippen LogP contribution is 2.52. The molecular weight excluding hydrogens is 498 g/mol. The molecule has 202 valence electrons. The van der Waals surface area contributed by atoms with Crippen LogP contribution in [0.4, 0.5) is 0 Å². The Balaban J connectivity index is 1.68. The number of ether oxygens (including phenoxy) is 3. The molecule has 6 N–H and O–H groups in total. The average Bonchev–Trinajstić information content (AvgIpc) is 2.87. The maximum Gasteiger partial charge on any atom is 0.202 e. The summed E-state index contributed by atoms with van der Waals surface area (Å²) >= 11 is 0. The molecule has 1 fully saturated rings. The first-order valence-electron chi connectivity index (χ1n) is 12.2. The zero-order valence-corrected chi connectivity index (χ0v) is 21.1. The summed E-state index contributed by atoms with van der Waals surface area (Å²) in [4.78, 5) is 39.6. The van der Waals surface area contributed by atoms with Crippen LogP contribution in [0.2, 0.25) is 0 Å². The summed E-state index contributed by atoms with van der Waals surface area (Å²) in [5.41, 5.74) is 2.97. The summed E-state index contributed by atoms with van der Waals surface area (Å²) in [5, 5.41) is 44.1. The molecule has 2 aromatic carbocycles. The van der Waals surface area contributed by atoms with Crippen LogP contribution in [0, 0.1) is 0 Å². The van der Waals surface area contributed by atoms with Crippen molar-refractivity contribution >= 4 is 17.3 Å². The molecule has 3 aliphatic rings. The smallest absolute Gasteiger partial charge is 0.202 e. The maximum atomic E-state index is 13.6. The van der Waals surface area contributed by atoms with Crippen molar-refractivity contribution in [2.24, 2.45) is 5.73 Å². The molecule has 6 atom stereocenters. The predicted octanol–water partition coefficient (Wildman–Crippen LogP) is 1.03. The fraction of sp³-hybridized carbons (Fsp3) is 0.444. The lowest BCUT2D eigenvalue weighted by Gasteiger charge is -2.42. The lowest BCUT2D eigenvalue weighted by molar-refractivity contribution is -0.247. The molecule has 38 heavy (non-hydrogen) atoms. The number of phenolic OH excluding ortho intramolecular Hbond substituents is 2. The Morgan fingerprint density at radius 1 is 1.13 bits per heavy atom. The fourth-order valence-corrected chi connectivity index (χ4v) is 5.66. The number of carbonyl (C=O) groups excluding carboxylic acids is 3. The van der Waals surface area contributed by atoms with Crippen LogP contribution < -0.4 is 10.5 Å². The summed E-state index contributed by atoms with van der Waals surface area (Å²) in [5.74, 6) is -3.18. The number of nitrogens with two attached hydrogens (primary N) is 1. The Labute approximate surface area is 217 Å². The van der Waals surface area contributed by atoms with Gasteiger partial charge < -0.3 is 40.4 Å². The van der Waals surface area contributed by atoms with E-state index in [1.807, 2.05) is 0 Å². The molecule has 1 aliphatic heterocycles. The van der Waals surface area contributed by atoms with Crippen LogP contribution in [0.15, 0.2) is 18.2 Å². The van der Waals surface area contributed by atoms with Crippen LogP contribution in [0.5, 0.6) is 17.2 Å². The van der Waals surface area contributed by atoms with E-state index >= 15 is 0 Å². The van der Waals surface area contributed by atoms with Gasteiger partial charge in [-0.25, -0.2) is 0 Å². The average molecular weight is 528 g/mol. The van der Waals surface area contributed by atoms with Gasteiger partial charge in [-0.2, -0.15) is 0 Å². The molecule has 0 aromatic heterocycles. The summed E-state index contributed by atoms with van der Waals surface area (Å²) in [6, 6.07) is 3.75. The number of hydrogen-bond acceptors (Lipinski definition) is 11. The van der Waals surface area contributed by atoms with Crippen molar-refractivity contribution in [2.75, 3.05) is 7.11 Å². The van der Waals surface area contributed by atoms with Gasteiger partial charge in [-0.05, 0) is 19.9 Å². The van der Waals surface area contributed by atoms with Crippen molar-refractivity contribution < 1.29 is 49.0 Å². The van der Waals surface area contributed by atoms with E-state index in [-0.39, 0.29) is 40.8 Å². The van der Waals surface area contributed by atoms with Gasteiger partial charge in [0, 0.05) is 42.0 Å². The molecule has 2 aliphatic carbocycles. The Morgan fingerprint density at radius 2 is 1.82 bits per heavy atom. The predicted molar refractivity (Wildman–Crippen MR) is 130 cm³/mol. The van der Waals surface area contributed by atoms with Crippen molar-refractivity contribution in [2.45, 2.75) is 69.4 Å². The van der Waals surface area contributed by atoms with Crippen molar-refractivity contribution in [3.8, 4) is 17.2 Å². The minimum atomic E-state index is -2.00. The fourth-order valence-electron chi connectivity index (χ4n) is 5.66. The number of Topliss-reactive ketones (excluding diaryl/α,β-unsaturated/α-hetero) is 1. The molecule has 0 bridgehead atoms. The molecule has 11 heteroatoms. The van der Waals surface area contributed by atoms with Crippen LogP contribution in [-0.4, -0.2) is 75.0 Å². The monoisotopic (exact) mass is 527 g/mol. The molecule has 5 rings (SSSR count).